The third kappa shape index (κ3) is 4.40. The first kappa shape index (κ1) is 12.0. The second-order valence-electron chi connectivity index (χ2n) is 4.02. The SMILES string of the molecule is CCC(CCO)NC1CCCOCC1. The van der Waals surface area contributed by atoms with Crippen molar-refractivity contribution in [3.05, 3.63) is 0 Å². The normalized spacial score (nSPS) is 25.7. The summed E-state index contributed by atoms with van der Waals surface area (Å²) in [5.41, 5.74) is 0. The van der Waals surface area contributed by atoms with Gasteiger partial charge in [0.15, 0.2) is 0 Å². The Bertz CT molecular complexity index is 133. The molecule has 0 amide bonds. The minimum atomic E-state index is 0.286. The van der Waals surface area contributed by atoms with Gasteiger partial charge in [-0.25, -0.2) is 0 Å². The molecule has 0 aromatic rings. The smallest absolute Gasteiger partial charge is 0.0480 e. The first-order valence-electron chi connectivity index (χ1n) is 5.81. The lowest BCUT2D eigenvalue weighted by Gasteiger charge is -2.23. The Morgan fingerprint density at radius 1 is 1.43 bits per heavy atom. The summed E-state index contributed by atoms with van der Waals surface area (Å²) < 4.78 is 5.41. The topological polar surface area (TPSA) is 41.5 Å². The summed E-state index contributed by atoms with van der Waals surface area (Å²) in [5, 5.41) is 12.5. The minimum absolute atomic E-state index is 0.286. The number of rotatable bonds is 5. The van der Waals surface area contributed by atoms with E-state index in [0.717, 1.165) is 38.9 Å². The van der Waals surface area contributed by atoms with E-state index in [9.17, 15) is 0 Å². The molecule has 2 N–H and O–H groups in total. The summed E-state index contributed by atoms with van der Waals surface area (Å²) in [6, 6.07) is 1.07. The third-order valence-corrected chi connectivity index (χ3v) is 2.89. The maximum absolute atomic E-state index is 8.89. The van der Waals surface area contributed by atoms with Gasteiger partial charge in [-0.2, -0.15) is 0 Å². The molecular formula is C11H23NO2. The van der Waals surface area contributed by atoms with Crippen LogP contribution >= 0.6 is 0 Å². The molecule has 3 heteroatoms. The van der Waals surface area contributed by atoms with Crippen molar-refractivity contribution in [2.24, 2.45) is 0 Å². The molecule has 0 aromatic carbocycles. The van der Waals surface area contributed by atoms with Crippen LogP contribution in [-0.2, 0) is 4.74 Å². The highest BCUT2D eigenvalue weighted by Crippen LogP contribution is 2.10. The maximum Gasteiger partial charge on any atom is 0.0480 e. The van der Waals surface area contributed by atoms with Crippen molar-refractivity contribution >= 4 is 0 Å². The monoisotopic (exact) mass is 201 g/mol. The molecule has 1 rings (SSSR count). The number of ether oxygens (including phenoxy) is 1. The fraction of sp³-hybridized carbons (Fsp3) is 1.00. The van der Waals surface area contributed by atoms with Gasteiger partial charge in [0.05, 0.1) is 0 Å². The number of nitrogens with one attached hydrogen (secondary N) is 1. The van der Waals surface area contributed by atoms with E-state index < -0.39 is 0 Å². The molecule has 0 aromatic heterocycles. The van der Waals surface area contributed by atoms with Crippen LogP contribution in [0.5, 0.6) is 0 Å². The van der Waals surface area contributed by atoms with E-state index in [0.29, 0.717) is 12.1 Å². The van der Waals surface area contributed by atoms with Crippen LogP contribution in [0.4, 0.5) is 0 Å². The first-order chi connectivity index (χ1) is 6.86. The molecule has 0 radical (unpaired) electrons. The lowest BCUT2D eigenvalue weighted by Crippen LogP contribution is -2.38. The van der Waals surface area contributed by atoms with Gasteiger partial charge < -0.3 is 15.2 Å². The molecule has 1 saturated heterocycles. The average Bonchev–Trinajstić information content (AvgIpc) is 2.45. The van der Waals surface area contributed by atoms with Gasteiger partial charge in [-0.1, -0.05) is 6.92 Å². The van der Waals surface area contributed by atoms with E-state index in [1.165, 1.54) is 6.42 Å². The molecule has 0 saturated carbocycles. The van der Waals surface area contributed by atoms with E-state index in [1.807, 2.05) is 0 Å². The lowest BCUT2D eigenvalue weighted by molar-refractivity contribution is 0.142. The predicted molar refractivity (Wildman–Crippen MR) is 57.4 cm³/mol. The fourth-order valence-corrected chi connectivity index (χ4v) is 1.96. The molecule has 2 atom stereocenters. The van der Waals surface area contributed by atoms with Gasteiger partial charge in [0.25, 0.3) is 0 Å². The molecule has 1 aliphatic rings. The van der Waals surface area contributed by atoms with Gasteiger partial charge in [0, 0.05) is 31.9 Å². The summed E-state index contributed by atoms with van der Waals surface area (Å²) >= 11 is 0. The van der Waals surface area contributed by atoms with E-state index in [-0.39, 0.29) is 6.61 Å². The van der Waals surface area contributed by atoms with Gasteiger partial charge in [-0.3, -0.25) is 0 Å². The summed E-state index contributed by atoms with van der Waals surface area (Å²) in [6.07, 6.45) is 5.45. The van der Waals surface area contributed by atoms with Crippen LogP contribution in [0.1, 0.15) is 39.0 Å². The number of hydrogen-bond donors (Lipinski definition) is 2. The molecule has 84 valence electrons. The highest BCUT2D eigenvalue weighted by Gasteiger charge is 2.15. The Kier molecular flexibility index (Phi) is 6.15. The minimum Gasteiger partial charge on any atom is -0.396 e. The molecule has 1 fully saturated rings. The van der Waals surface area contributed by atoms with Crippen molar-refractivity contribution < 1.29 is 9.84 Å². The Morgan fingerprint density at radius 3 is 3.00 bits per heavy atom. The Labute approximate surface area is 86.8 Å². The van der Waals surface area contributed by atoms with Gasteiger partial charge in [-0.05, 0) is 32.1 Å². The zero-order chi connectivity index (χ0) is 10.2. The first-order valence-corrected chi connectivity index (χ1v) is 5.81. The summed E-state index contributed by atoms with van der Waals surface area (Å²) in [5.74, 6) is 0. The largest absolute Gasteiger partial charge is 0.396 e. The van der Waals surface area contributed by atoms with Gasteiger partial charge in [0.1, 0.15) is 0 Å². The van der Waals surface area contributed by atoms with Crippen molar-refractivity contribution in [1.82, 2.24) is 5.32 Å². The molecule has 1 heterocycles. The van der Waals surface area contributed by atoms with Crippen molar-refractivity contribution in [1.29, 1.82) is 0 Å². The van der Waals surface area contributed by atoms with E-state index in [2.05, 4.69) is 12.2 Å². The molecular weight excluding hydrogens is 178 g/mol. The number of hydrogen-bond acceptors (Lipinski definition) is 3. The zero-order valence-corrected chi connectivity index (χ0v) is 9.17. The van der Waals surface area contributed by atoms with Crippen LogP contribution in [0.25, 0.3) is 0 Å². The quantitative estimate of drug-likeness (QED) is 0.704. The molecule has 0 bridgehead atoms. The molecule has 0 aliphatic carbocycles. The Balaban J connectivity index is 2.24. The predicted octanol–water partition coefficient (Wildman–Crippen LogP) is 1.31. The standard InChI is InChI=1S/C11H23NO2/c1-2-10(5-7-13)12-11-4-3-8-14-9-6-11/h10-13H,2-9H2,1H3. The van der Waals surface area contributed by atoms with Gasteiger partial charge in [-0.15, -0.1) is 0 Å². The van der Waals surface area contributed by atoms with Crippen molar-refractivity contribution in [3.8, 4) is 0 Å². The van der Waals surface area contributed by atoms with Crippen molar-refractivity contribution in [3.63, 3.8) is 0 Å². The van der Waals surface area contributed by atoms with Crippen LogP contribution in [0.2, 0.25) is 0 Å². The fourth-order valence-electron chi connectivity index (χ4n) is 1.96. The lowest BCUT2D eigenvalue weighted by atomic mass is 10.1. The van der Waals surface area contributed by atoms with Crippen LogP contribution in [-0.4, -0.2) is 37.0 Å². The summed E-state index contributed by atoms with van der Waals surface area (Å²) in [7, 11) is 0. The van der Waals surface area contributed by atoms with Crippen molar-refractivity contribution in [2.45, 2.75) is 51.1 Å². The van der Waals surface area contributed by atoms with E-state index >= 15 is 0 Å². The average molecular weight is 201 g/mol. The summed E-state index contributed by atoms with van der Waals surface area (Å²) in [6.45, 7) is 4.25. The third-order valence-electron chi connectivity index (χ3n) is 2.89. The Hall–Kier alpha value is -0.120. The van der Waals surface area contributed by atoms with E-state index in [1.54, 1.807) is 0 Å². The van der Waals surface area contributed by atoms with Gasteiger partial charge >= 0.3 is 0 Å². The molecule has 2 unspecified atom stereocenters. The van der Waals surface area contributed by atoms with Crippen LogP contribution in [0.3, 0.4) is 0 Å². The zero-order valence-electron chi connectivity index (χ0n) is 9.17. The maximum atomic E-state index is 8.89. The highest BCUT2D eigenvalue weighted by molar-refractivity contribution is 4.74. The van der Waals surface area contributed by atoms with Crippen LogP contribution < -0.4 is 5.32 Å². The second-order valence-corrected chi connectivity index (χ2v) is 4.02. The van der Waals surface area contributed by atoms with Crippen LogP contribution in [0.15, 0.2) is 0 Å². The van der Waals surface area contributed by atoms with E-state index in [4.69, 9.17) is 9.84 Å². The van der Waals surface area contributed by atoms with Gasteiger partial charge in [0.2, 0.25) is 0 Å². The molecule has 3 nitrogen and oxygen atoms in total. The Morgan fingerprint density at radius 2 is 2.29 bits per heavy atom. The molecule has 0 spiro atoms. The van der Waals surface area contributed by atoms with Crippen LogP contribution in [0, 0.1) is 0 Å². The number of aliphatic hydroxyl groups excluding tert-OH is 1. The molecule has 1 aliphatic heterocycles. The number of aliphatic hydroxyl groups is 1. The molecule has 14 heavy (non-hydrogen) atoms. The van der Waals surface area contributed by atoms with Crippen molar-refractivity contribution in [2.75, 3.05) is 19.8 Å². The highest BCUT2D eigenvalue weighted by atomic mass is 16.5. The summed E-state index contributed by atoms with van der Waals surface area (Å²) in [4.78, 5) is 0. The second kappa shape index (κ2) is 7.21.